The summed E-state index contributed by atoms with van der Waals surface area (Å²) in [5.74, 6) is 0.327. The van der Waals surface area contributed by atoms with Crippen LogP contribution in [0.2, 0.25) is 0 Å². The van der Waals surface area contributed by atoms with Crippen molar-refractivity contribution in [2.24, 2.45) is 7.05 Å². The highest BCUT2D eigenvalue weighted by molar-refractivity contribution is 7.89. The number of nitrogens with zero attached hydrogens (tertiary/aromatic N) is 3. The van der Waals surface area contributed by atoms with Gasteiger partial charge in [-0.25, -0.2) is 17.5 Å². The Bertz CT molecular complexity index is 1280. The van der Waals surface area contributed by atoms with Gasteiger partial charge < -0.3 is 15.0 Å². The molecule has 2 atom stereocenters. The molecule has 0 saturated carbocycles. The van der Waals surface area contributed by atoms with Gasteiger partial charge in [-0.3, -0.25) is 4.68 Å². The lowest BCUT2D eigenvalue weighted by atomic mass is 9.83. The number of ether oxygens (including phenoxy) is 1. The fourth-order valence-corrected chi connectivity index (χ4v) is 5.91. The Balaban J connectivity index is 1.34. The van der Waals surface area contributed by atoms with Crippen LogP contribution >= 0.6 is 0 Å². The lowest BCUT2D eigenvalue weighted by Crippen LogP contribution is -2.59. The Morgan fingerprint density at radius 3 is 2.65 bits per heavy atom. The van der Waals surface area contributed by atoms with E-state index in [9.17, 15) is 8.42 Å². The molecule has 0 spiro atoms. The van der Waals surface area contributed by atoms with Crippen LogP contribution in [-0.2, 0) is 23.5 Å². The average molecular weight is 486 g/mol. The Labute approximate surface area is 198 Å². The average Bonchev–Trinajstić information content (AvgIpc) is 3.24. The van der Waals surface area contributed by atoms with E-state index in [1.165, 1.54) is 28.7 Å². The number of halogens is 1. The van der Waals surface area contributed by atoms with E-state index in [-0.39, 0.29) is 28.7 Å². The molecule has 0 aliphatic carbocycles. The zero-order chi connectivity index (χ0) is 23.9. The Morgan fingerprint density at radius 2 is 1.97 bits per heavy atom. The second-order valence-electron chi connectivity index (χ2n) is 8.92. The van der Waals surface area contributed by atoms with Crippen LogP contribution in [0, 0.1) is 5.82 Å². The number of aryl methyl sites for hydroxylation is 1. The number of hydrogen-bond acceptors (Lipinski definition) is 6. The fraction of sp³-hybridized carbons (Fsp3) is 0.375. The molecule has 5 rings (SSSR count). The molecule has 2 aliphatic rings. The van der Waals surface area contributed by atoms with Gasteiger partial charge in [0, 0.05) is 49.9 Å². The molecular weight excluding hydrogens is 457 g/mol. The summed E-state index contributed by atoms with van der Waals surface area (Å²) in [4.78, 5) is 1.97. The summed E-state index contributed by atoms with van der Waals surface area (Å²) in [7, 11) is -0.0901. The van der Waals surface area contributed by atoms with Crippen LogP contribution in [-0.4, -0.2) is 57.0 Å². The maximum Gasteiger partial charge on any atom is 0.244 e. The van der Waals surface area contributed by atoms with Gasteiger partial charge in [0.15, 0.2) is 0 Å². The molecule has 1 fully saturated rings. The summed E-state index contributed by atoms with van der Waals surface area (Å²) in [6.45, 7) is 1.24. The molecule has 2 aromatic carbocycles. The molecule has 10 heteroatoms. The van der Waals surface area contributed by atoms with E-state index in [2.05, 4.69) is 27.3 Å². The highest BCUT2D eigenvalue weighted by atomic mass is 32.2. The number of fused-ring (bicyclic) bond motifs is 1. The van der Waals surface area contributed by atoms with E-state index in [1.54, 1.807) is 7.05 Å². The van der Waals surface area contributed by atoms with Crippen molar-refractivity contribution in [3.63, 3.8) is 0 Å². The standard InChI is InChI=1S/C24H28FN5O3S/c1-26-22-15-33-24-10-21(25)23(9-20(24)19(22)8-16-6-4-3-5-7-16)30-12-17(13-30)28-34(31,32)18-11-27-29(2)14-18/h3-7,9-11,14,17,19,22,26,28H,8,12-13,15H2,1-2H3. The summed E-state index contributed by atoms with van der Waals surface area (Å²) in [6, 6.07) is 13.4. The molecule has 1 saturated heterocycles. The van der Waals surface area contributed by atoms with Gasteiger partial charge in [-0.2, -0.15) is 5.10 Å². The Morgan fingerprint density at radius 1 is 1.21 bits per heavy atom. The van der Waals surface area contributed by atoms with E-state index < -0.39 is 10.0 Å². The summed E-state index contributed by atoms with van der Waals surface area (Å²) < 4.78 is 50.1. The summed E-state index contributed by atoms with van der Waals surface area (Å²) in [6.07, 6.45) is 3.57. The van der Waals surface area contributed by atoms with Crippen molar-refractivity contribution in [3.8, 4) is 5.75 Å². The number of sulfonamides is 1. The van der Waals surface area contributed by atoms with Crippen molar-refractivity contribution in [1.29, 1.82) is 0 Å². The molecular formula is C24H28FN5O3S. The first-order valence-corrected chi connectivity index (χ1v) is 12.8. The van der Waals surface area contributed by atoms with Crippen molar-refractivity contribution in [3.05, 3.63) is 71.8 Å². The molecule has 34 heavy (non-hydrogen) atoms. The second-order valence-corrected chi connectivity index (χ2v) is 10.6. The van der Waals surface area contributed by atoms with Crippen molar-refractivity contribution in [2.45, 2.75) is 29.3 Å². The Kier molecular flexibility index (Phi) is 6.05. The fourth-order valence-electron chi connectivity index (χ4n) is 4.71. The van der Waals surface area contributed by atoms with Gasteiger partial charge in [-0.05, 0) is 25.1 Å². The van der Waals surface area contributed by atoms with Crippen LogP contribution in [0.15, 0.2) is 59.8 Å². The van der Waals surface area contributed by atoms with Crippen molar-refractivity contribution in [1.82, 2.24) is 19.8 Å². The molecule has 3 heterocycles. The SMILES string of the molecule is CNC1COc2cc(F)c(N3CC(NS(=O)(=O)c4cnn(C)c4)C3)cc2C1Cc1ccccc1. The number of likely N-dealkylation sites (N-methyl/N-ethyl adjacent to an activating group) is 1. The predicted molar refractivity (Wildman–Crippen MR) is 127 cm³/mol. The molecule has 1 aromatic heterocycles. The third-order valence-corrected chi connectivity index (χ3v) is 8.06. The van der Waals surface area contributed by atoms with Crippen LogP contribution in [0.3, 0.4) is 0 Å². The third-order valence-electron chi connectivity index (χ3n) is 6.59. The minimum absolute atomic E-state index is 0.0986. The number of aromatic nitrogens is 2. The topological polar surface area (TPSA) is 88.5 Å². The first kappa shape index (κ1) is 22.8. The largest absolute Gasteiger partial charge is 0.492 e. The van der Waals surface area contributed by atoms with Crippen LogP contribution in [0.25, 0.3) is 0 Å². The van der Waals surface area contributed by atoms with Gasteiger partial charge in [0.05, 0.1) is 17.9 Å². The van der Waals surface area contributed by atoms with Crippen molar-refractivity contribution >= 4 is 15.7 Å². The molecule has 0 radical (unpaired) electrons. The van der Waals surface area contributed by atoms with E-state index in [0.29, 0.717) is 31.1 Å². The third kappa shape index (κ3) is 4.40. The van der Waals surface area contributed by atoms with Gasteiger partial charge in [0.2, 0.25) is 10.0 Å². The number of hydrogen-bond donors (Lipinski definition) is 2. The minimum Gasteiger partial charge on any atom is -0.492 e. The molecule has 0 bridgehead atoms. The van der Waals surface area contributed by atoms with Crippen LogP contribution in [0.5, 0.6) is 5.75 Å². The van der Waals surface area contributed by atoms with Gasteiger partial charge in [-0.1, -0.05) is 30.3 Å². The molecule has 3 aromatic rings. The van der Waals surface area contributed by atoms with E-state index >= 15 is 4.39 Å². The van der Waals surface area contributed by atoms with Crippen LogP contribution in [0.4, 0.5) is 10.1 Å². The zero-order valence-corrected chi connectivity index (χ0v) is 19.9. The predicted octanol–water partition coefficient (Wildman–Crippen LogP) is 2.03. The number of nitrogens with one attached hydrogen (secondary N) is 2. The number of anilines is 1. The van der Waals surface area contributed by atoms with Crippen LogP contribution in [0.1, 0.15) is 17.0 Å². The van der Waals surface area contributed by atoms with E-state index in [1.807, 2.05) is 36.2 Å². The molecule has 2 N–H and O–H groups in total. The molecule has 8 nitrogen and oxygen atoms in total. The molecule has 180 valence electrons. The maximum atomic E-state index is 15.0. The van der Waals surface area contributed by atoms with E-state index in [0.717, 1.165) is 12.0 Å². The summed E-state index contributed by atoms with van der Waals surface area (Å²) >= 11 is 0. The van der Waals surface area contributed by atoms with Crippen molar-refractivity contribution in [2.75, 3.05) is 31.6 Å². The second kappa shape index (κ2) is 9.01. The van der Waals surface area contributed by atoms with Gasteiger partial charge in [-0.15, -0.1) is 0 Å². The van der Waals surface area contributed by atoms with Crippen molar-refractivity contribution < 1.29 is 17.5 Å². The normalized spacial score (nSPS) is 20.5. The summed E-state index contributed by atoms with van der Waals surface area (Å²) in [5.41, 5.74) is 2.64. The van der Waals surface area contributed by atoms with Gasteiger partial charge in [0.1, 0.15) is 23.1 Å². The highest BCUT2D eigenvalue weighted by Crippen LogP contribution is 2.40. The quantitative estimate of drug-likeness (QED) is 0.533. The van der Waals surface area contributed by atoms with E-state index in [4.69, 9.17) is 4.74 Å². The first-order valence-electron chi connectivity index (χ1n) is 11.3. The smallest absolute Gasteiger partial charge is 0.244 e. The highest BCUT2D eigenvalue weighted by Gasteiger charge is 2.36. The van der Waals surface area contributed by atoms with Gasteiger partial charge >= 0.3 is 0 Å². The van der Waals surface area contributed by atoms with Crippen LogP contribution < -0.4 is 19.7 Å². The molecule has 2 unspecified atom stereocenters. The number of rotatable bonds is 7. The first-order chi connectivity index (χ1) is 16.3. The minimum atomic E-state index is -3.67. The number of benzene rings is 2. The van der Waals surface area contributed by atoms with Gasteiger partial charge in [0.25, 0.3) is 0 Å². The zero-order valence-electron chi connectivity index (χ0n) is 19.1. The summed E-state index contributed by atoms with van der Waals surface area (Å²) in [5, 5.41) is 7.26. The monoisotopic (exact) mass is 485 g/mol. The lowest BCUT2D eigenvalue weighted by molar-refractivity contribution is 0.218. The maximum absolute atomic E-state index is 15.0. The lowest BCUT2D eigenvalue weighted by Gasteiger charge is -2.42. The molecule has 0 amide bonds. The molecule has 2 aliphatic heterocycles. The Hall–Kier alpha value is -2.95.